The van der Waals surface area contributed by atoms with Crippen LogP contribution in [0.2, 0.25) is 0 Å². The van der Waals surface area contributed by atoms with E-state index < -0.39 is 10.0 Å². The summed E-state index contributed by atoms with van der Waals surface area (Å²) in [4.78, 5) is 0.273. The van der Waals surface area contributed by atoms with Crippen molar-refractivity contribution in [2.75, 3.05) is 18.9 Å². The molecule has 0 heterocycles. The third-order valence-corrected chi connectivity index (χ3v) is 4.85. The third kappa shape index (κ3) is 4.06. The average Bonchev–Trinajstić information content (AvgIpc) is 2.50. The lowest BCUT2D eigenvalue weighted by atomic mass is 10.1. The highest BCUT2D eigenvalue weighted by Gasteiger charge is 2.10. The van der Waals surface area contributed by atoms with Crippen molar-refractivity contribution in [3.8, 4) is 0 Å². The van der Waals surface area contributed by atoms with Crippen molar-refractivity contribution in [3.05, 3.63) is 59.7 Å². The summed E-state index contributed by atoms with van der Waals surface area (Å²) >= 11 is 0. The van der Waals surface area contributed by atoms with Gasteiger partial charge in [0, 0.05) is 12.2 Å². The van der Waals surface area contributed by atoms with Gasteiger partial charge in [0.15, 0.2) is 0 Å². The second-order valence-corrected chi connectivity index (χ2v) is 6.72. The zero-order valence-electron chi connectivity index (χ0n) is 12.3. The molecule has 0 saturated carbocycles. The first-order valence-corrected chi connectivity index (χ1v) is 8.33. The summed E-state index contributed by atoms with van der Waals surface area (Å²) in [5, 5.41) is 3.30. The highest BCUT2D eigenvalue weighted by atomic mass is 32.2. The first kappa shape index (κ1) is 15.5. The third-order valence-electron chi connectivity index (χ3n) is 3.42. The van der Waals surface area contributed by atoms with Crippen LogP contribution in [0.3, 0.4) is 0 Å². The normalized spacial score (nSPS) is 11.3. The van der Waals surface area contributed by atoms with Crippen LogP contribution in [0.1, 0.15) is 11.1 Å². The number of aryl methyl sites for hydroxylation is 1. The Bertz CT molecular complexity index is 694. The molecule has 21 heavy (non-hydrogen) atoms. The Balaban J connectivity index is 1.94. The van der Waals surface area contributed by atoms with E-state index in [0.29, 0.717) is 0 Å². The van der Waals surface area contributed by atoms with Gasteiger partial charge in [-0.25, -0.2) is 13.1 Å². The summed E-state index contributed by atoms with van der Waals surface area (Å²) in [6.45, 7) is 2.91. The molecule has 0 unspecified atom stereocenters. The molecule has 0 amide bonds. The molecule has 0 radical (unpaired) electrons. The van der Waals surface area contributed by atoms with Gasteiger partial charge in [-0.3, -0.25) is 0 Å². The van der Waals surface area contributed by atoms with E-state index in [-0.39, 0.29) is 4.90 Å². The fourth-order valence-corrected chi connectivity index (χ4v) is 2.83. The van der Waals surface area contributed by atoms with Gasteiger partial charge in [-0.2, -0.15) is 0 Å². The van der Waals surface area contributed by atoms with Crippen LogP contribution in [-0.4, -0.2) is 22.0 Å². The highest BCUT2D eigenvalue weighted by Crippen LogP contribution is 2.14. The molecule has 0 fully saturated rings. The quantitative estimate of drug-likeness (QED) is 0.862. The number of hydrogen-bond acceptors (Lipinski definition) is 3. The van der Waals surface area contributed by atoms with Gasteiger partial charge in [-0.1, -0.05) is 24.3 Å². The van der Waals surface area contributed by atoms with Crippen LogP contribution in [0.5, 0.6) is 0 Å². The van der Waals surface area contributed by atoms with Gasteiger partial charge in [0.25, 0.3) is 0 Å². The van der Waals surface area contributed by atoms with Crippen LogP contribution in [-0.2, 0) is 16.4 Å². The Kier molecular flexibility index (Phi) is 4.98. The van der Waals surface area contributed by atoms with E-state index in [1.807, 2.05) is 12.1 Å². The summed E-state index contributed by atoms with van der Waals surface area (Å²) in [6.07, 6.45) is 0.934. The maximum atomic E-state index is 11.6. The van der Waals surface area contributed by atoms with Gasteiger partial charge in [0.05, 0.1) is 4.90 Å². The van der Waals surface area contributed by atoms with Crippen LogP contribution < -0.4 is 10.0 Å². The minimum atomic E-state index is -3.36. The molecule has 0 aliphatic carbocycles. The van der Waals surface area contributed by atoms with Gasteiger partial charge in [-0.15, -0.1) is 0 Å². The maximum Gasteiger partial charge on any atom is 0.240 e. The minimum absolute atomic E-state index is 0.273. The summed E-state index contributed by atoms with van der Waals surface area (Å²) in [5.41, 5.74) is 3.52. The van der Waals surface area contributed by atoms with Crippen LogP contribution in [0, 0.1) is 6.92 Å². The van der Waals surface area contributed by atoms with Crippen molar-refractivity contribution >= 4 is 15.7 Å². The van der Waals surface area contributed by atoms with Gasteiger partial charge >= 0.3 is 0 Å². The topological polar surface area (TPSA) is 58.2 Å². The van der Waals surface area contributed by atoms with Gasteiger partial charge < -0.3 is 5.32 Å². The highest BCUT2D eigenvalue weighted by molar-refractivity contribution is 7.89. The average molecular weight is 304 g/mol. The van der Waals surface area contributed by atoms with Crippen molar-refractivity contribution in [2.45, 2.75) is 18.2 Å². The molecule has 112 valence electrons. The van der Waals surface area contributed by atoms with Crippen molar-refractivity contribution in [1.82, 2.24) is 4.72 Å². The Morgan fingerprint density at radius 2 is 1.67 bits per heavy atom. The number of hydrogen-bond donors (Lipinski definition) is 2. The van der Waals surface area contributed by atoms with Crippen LogP contribution in [0.4, 0.5) is 5.69 Å². The molecule has 5 heteroatoms. The fraction of sp³-hybridized carbons (Fsp3) is 0.250. The molecule has 2 aromatic rings. The fourth-order valence-electron chi connectivity index (χ4n) is 2.10. The summed E-state index contributed by atoms with van der Waals surface area (Å²) in [6, 6.07) is 15.1. The Labute approximate surface area is 126 Å². The molecule has 0 atom stereocenters. The first-order chi connectivity index (χ1) is 10.0. The van der Waals surface area contributed by atoms with E-state index in [1.54, 1.807) is 24.3 Å². The van der Waals surface area contributed by atoms with E-state index in [2.05, 4.69) is 29.1 Å². The smallest absolute Gasteiger partial charge is 0.240 e. The van der Waals surface area contributed by atoms with Gasteiger partial charge in [-0.05, 0) is 55.8 Å². The van der Waals surface area contributed by atoms with Crippen molar-refractivity contribution in [2.24, 2.45) is 0 Å². The zero-order chi connectivity index (χ0) is 15.3. The molecular formula is C16H20N2O2S. The summed E-state index contributed by atoms with van der Waals surface area (Å²) < 4.78 is 25.5. The first-order valence-electron chi connectivity index (χ1n) is 6.85. The van der Waals surface area contributed by atoms with Crippen molar-refractivity contribution in [3.63, 3.8) is 0 Å². The number of anilines is 1. The monoisotopic (exact) mass is 304 g/mol. The Morgan fingerprint density at radius 1 is 1.00 bits per heavy atom. The number of sulfonamides is 1. The van der Waals surface area contributed by atoms with E-state index >= 15 is 0 Å². The van der Waals surface area contributed by atoms with Crippen molar-refractivity contribution in [1.29, 1.82) is 0 Å². The standard InChI is InChI=1S/C16H20N2O2S/c1-13-5-3-4-6-14(13)11-12-18-15-7-9-16(10-8-15)21(19,20)17-2/h3-10,17-18H,11-12H2,1-2H3. The molecule has 2 aromatic carbocycles. The van der Waals surface area contributed by atoms with E-state index in [4.69, 9.17) is 0 Å². The van der Waals surface area contributed by atoms with Crippen LogP contribution in [0.15, 0.2) is 53.4 Å². The van der Waals surface area contributed by atoms with Gasteiger partial charge in [0.2, 0.25) is 10.0 Å². The zero-order valence-corrected chi connectivity index (χ0v) is 13.1. The number of benzene rings is 2. The maximum absolute atomic E-state index is 11.6. The van der Waals surface area contributed by atoms with Gasteiger partial charge in [0.1, 0.15) is 0 Å². The largest absolute Gasteiger partial charge is 0.385 e. The molecule has 4 nitrogen and oxygen atoms in total. The predicted molar refractivity (Wildman–Crippen MR) is 86.1 cm³/mol. The van der Waals surface area contributed by atoms with E-state index in [1.165, 1.54) is 18.2 Å². The number of nitrogens with one attached hydrogen (secondary N) is 2. The molecule has 0 aromatic heterocycles. The molecular weight excluding hydrogens is 284 g/mol. The lowest BCUT2D eigenvalue weighted by Gasteiger charge is -2.09. The predicted octanol–water partition coefficient (Wildman–Crippen LogP) is 2.56. The molecule has 0 aliphatic rings. The SMILES string of the molecule is CNS(=O)(=O)c1ccc(NCCc2ccccc2C)cc1. The van der Waals surface area contributed by atoms with Crippen LogP contribution >= 0.6 is 0 Å². The Morgan fingerprint density at radius 3 is 2.29 bits per heavy atom. The van der Waals surface area contributed by atoms with E-state index in [0.717, 1.165) is 18.7 Å². The second-order valence-electron chi connectivity index (χ2n) is 4.84. The van der Waals surface area contributed by atoms with E-state index in [9.17, 15) is 8.42 Å². The molecule has 0 aliphatic heterocycles. The lowest BCUT2D eigenvalue weighted by molar-refractivity contribution is 0.588. The molecule has 0 saturated heterocycles. The molecule has 0 spiro atoms. The summed E-state index contributed by atoms with van der Waals surface area (Å²) in [5.74, 6) is 0. The Hall–Kier alpha value is -1.85. The van der Waals surface area contributed by atoms with Crippen molar-refractivity contribution < 1.29 is 8.42 Å². The second kappa shape index (κ2) is 6.74. The van der Waals surface area contributed by atoms with Crippen LogP contribution in [0.25, 0.3) is 0 Å². The molecule has 2 N–H and O–H groups in total. The molecule has 0 bridgehead atoms. The lowest BCUT2D eigenvalue weighted by Crippen LogP contribution is -2.18. The summed E-state index contributed by atoms with van der Waals surface area (Å²) in [7, 11) is -1.96. The molecule has 2 rings (SSSR count). The minimum Gasteiger partial charge on any atom is -0.385 e. The number of rotatable bonds is 6.